The highest BCUT2D eigenvalue weighted by Gasteiger charge is 2.37. The molecule has 0 aliphatic carbocycles. The molecule has 28 heavy (non-hydrogen) atoms. The molecule has 1 saturated heterocycles. The maximum Gasteiger partial charge on any atom is 0.418 e. The Morgan fingerprint density at radius 3 is 2.39 bits per heavy atom. The lowest BCUT2D eigenvalue weighted by molar-refractivity contribution is -0.384. The van der Waals surface area contributed by atoms with Crippen LogP contribution in [0.25, 0.3) is 0 Å². The van der Waals surface area contributed by atoms with Gasteiger partial charge in [-0.3, -0.25) is 15.1 Å². The van der Waals surface area contributed by atoms with Crippen LogP contribution in [-0.2, 0) is 6.18 Å². The van der Waals surface area contributed by atoms with Crippen LogP contribution in [0.15, 0.2) is 24.5 Å². The molecule has 0 bridgehead atoms. The zero-order valence-corrected chi connectivity index (χ0v) is 15.4. The smallest absolute Gasteiger partial charge is 0.418 e. The Morgan fingerprint density at radius 2 is 1.82 bits per heavy atom. The third kappa shape index (κ3) is 4.03. The number of benzene rings is 1. The fourth-order valence-corrected chi connectivity index (χ4v) is 3.20. The van der Waals surface area contributed by atoms with Crippen LogP contribution in [-0.4, -0.2) is 48.2 Å². The minimum Gasteiger partial charge on any atom is -0.480 e. The molecule has 1 fully saturated rings. The highest BCUT2D eigenvalue weighted by molar-refractivity contribution is 6.31. The minimum absolute atomic E-state index is 0.0550. The number of alkyl halides is 3. The molecule has 0 amide bonds. The monoisotopic (exact) mass is 417 g/mol. The van der Waals surface area contributed by atoms with Crippen LogP contribution in [0.5, 0.6) is 5.88 Å². The summed E-state index contributed by atoms with van der Waals surface area (Å²) >= 11 is 5.76. The van der Waals surface area contributed by atoms with Crippen molar-refractivity contribution in [2.45, 2.75) is 6.18 Å². The molecule has 2 heterocycles. The predicted octanol–water partition coefficient (Wildman–Crippen LogP) is 3.39. The highest BCUT2D eigenvalue weighted by atomic mass is 35.5. The molecule has 1 aromatic heterocycles. The van der Waals surface area contributed by atoms with Crippen molar-refractivity contribution in [3.63, 3.8) is 0 Å². The number of hydrogen-bond donors (Lipinski definition) is 0. The summed E-state index contributed by atoms with van der Waals surface area (Å²) in [6.07, 6.45) is -1.74. The number of methoxy groups -OCH3 is 1. The zero-order valence-electron chi connectivity index (χ0n) is 14.6. The van der Waals surface area contributed by atoms with Gasteiger partial charge in [-0.2, -0.15) is 18.2 Å². The Labute approximate surface area is 162 Å². The van der Waals surface area contributed by atoms with Gasteiger partial charge in [-0.1, -0.05) is 11.6 Å². The van der Waals surface area contributed by atoms with Crippen molar-refractivity contribution in [1.82, 2.24) is 9.97 Å². The van der Waals surface area contributed by atoms with Crippen molar-refractivity contribution in [3.05, 3.63) is 45.2 Å². The summed E-state index contributed by atoms with van der Waals surface area (Å²) in [4.78, 5) is 22.4. The molecule has 0 N–H and O–H groups in total. The van der Waals surface area contributed by atoms with E-state index in [4.69, 9.17) is 16.3 Å². The van der Waals surface area contributed by atoms with Crippen molar-refractivity contribution in [3.8, 4) is 5.88 Å². The van der Waals surface area contributed by atoms with E-state index in [1.807, 2.05) is 4.90 Å². The van der Waals surface area contributed by atoms with Gasteiger partial charge in [0.1, 0.15) is 5.69 Å². The molecular formula is C16H15ClF3N5O3. The van der Waals surface area contributed by atoms with Gasteiger partial charge < -0.3 is 14.5 Å². The number of ether oxygens (including phenoxy) is 1. The van der Waals surface area contributed by atoms with Gasteiger partial charge in [0.25, 0.3) is 5.69 Å². The van der Waals surface area contributed by atoms with Crippen LogP contribution in [0, 0.1) is 10.1 Å². The van der Waals surface area contributed by atoms with E-state index in [2.05, 4.69) is 9.97 Å². The standard InChI is InChI=1S/C16H15ClF3N5O3/c1-28-15-9-21-8-14(22-15)24-4-2-23(3-5-24)12-7-11(17)10(16(18,19)20)6-13(12)25(26)27/h6-9H,2-5H2,1H3. The Bertz CT molecular complexity index is 888. The summed E-state index contributed by atoms with van der Waals surface area (Å²) in [5, 5.41) is 10.8. The lowest BCUT2D eigenvalue weighted by Gasteiger charge is -2.36. The van der Waals surface area contributed by atoms with Crippen molar-refractivity contribution in [2.75, 3.05) is 43.1 Å². The topological polar surface area (TPSA) is 84.6 Å². The number of nitro groups is 1. The maximum atomic E-state index is 13.0. The average Bonchev–Trinajstić information content (AvgIpc) is 2.66. The van der Waals surface area contributed by atoms with Gasteiger partial charge >= 0.3 is 6.18 Å². The molecule has 0 spiro atoms. The van der Waals surface area contributed by atoms with Crippen LogP contribution in [0.4, 0.5) is 30.4 Å². The van der Waals surface area contributed by atoms with Crippen LogP contribution < -0.4 is 14.5 Å². The molecule has 1 aromatic carbocycles. The van der Waals surface area contributed by atoms with E-state index in [-0.39, 0.29) is 5.69 Å². The lowest BCUT2D eigenvalue weighted by atomic mass is 10.1. The van der Waals surface area contributed by atoms with E-state index < -0.39 is 27.4 Å². The number of hydrogen-bond acceptors (Lipinski definition) is 7. The van der Waals surface area contributed by atoms with Gasteiger partial charge in [-0.05, 0) is 6.07 Å². The van der Waals surface area contributed by atoms with E-state index in [0.29, 0.717) is 43.9 Å². The fraction of sp³-hybridized carbons (Fsp3) is 0.375. The predicted molar refractivity (Wildman–Crippen MR) is 96.1 cm³/mol. The van der Waals surface area contributed by atoms with Crippen molar-refractivity contribution >= 4 is 28.8 Å². The number of aromatic nitrogens is 2. The van der Waals surface area contributed by atoms with Crippen LogP contribution >= 0.6 is 11.6 Å². The Balaban J connectivity index is 1.83. The first-order chi connectivity index (χ1) is 13.2. The first-order valence-corrected chi connectivity index (χ1v) is 8.49. The molecule has 150 valence electrons. The fourth-order valence-electron chi connectivity index (χ4n) is 2.93. The normalized spacial score (nSPS) is 14.9. The third-order valence-electron chi connectivity index (χ3n) is 4.32. The van der Waals surface area contributed by atoms with Crippen molar-refractivity contribution in [1.29, 1.82) is 0 Å². The molecule has 0 atom stereocenters. The largest absolute Gasteiger partial charge is 0.480 e. The van der Waals surface area contributed by atoms with E-state index in [9.17, 15) is 23.3 Å². The molecule has 0 unspecified atom stereocenters. The zero-order chi connectivity index (χ0) is 20.5. The van der Waals surface area contributed by atoms with E-state index >= 15 is 0 Å². The van der Waals surface area contributed by atoms with Gasteiger partial charge in [0.2, 0.25) is 5.88 Å². The molecule has 8 nitrogen and oxygen atoms in total. The van der Waals surface area contributed by atoms with Crippen LogP contribution in [0.3, 0.4) is 0 Å². The Hall–Kier alpha value is -2.82. The van der Waals surface area contributed by atoms with Gasteiger partial charge in [-0.15, -0.1) is 0 Å². The molecule has 3 rings (SSSR count). The van der Waals surface area contributed by atoms with E-state index in [1.165, 1.54) is 13.3 Å². The number of anilines is 2. The first kappa shape index (κ1) is 19.9. The second-order valence-electron chi connectivity index (χ2n) is 5.97. The third-order valence-corrected chi connectivity index (χ3v) is 4.63. The van der Waals surface area contributed by atoms with Gasteiger partial charge in [0.05, 0.1) is 35.0 Å². The molecule has 0 radical (unpaired) electrons. The second-order valence-corrected chi connectivity index (χ2v) is 6.38. The van der Waals surface area contributed by atoms with E-state index in [1.54, 1.807) is 11.1 Å². The molecule has 2 aromatic rings. The van der Waals surface area contributed by atoms with Crippen LogP contribution in [0.1, 0.15) is 5.56 Å². The summed E-state index contributed by atoms with van der Waals surface area (Å²) in [5.74, 6) is 0.934. The molecule has 1 aliphatic heterocycles. The molecular weight excluding hydrogens is 403 g/mol. The first-order valence-electron chi connectivity index (χ1n) is 8.11. The molecule has 12 heteroatoms. The maximum absolute atomic E-state index is 13.0. The molecule has 0 saturated carbocycles. The summed E-state index contributed by atoms with van der Waals surface area (Å²) in [6.45, 7) is 1.55. The van der Waals surface area contributed by atoms with Gasteiger partial charge in [-0.25, -0.2) is 0 Å². The number of piperazine rings is 1. The van der Waals surface area contributed by atoms with Gasteiger partial charge in [0.15, 0.2) is 5.82 Å². The highest BCUT2D eigenvalue weighted by Crippen LogP contribution is 2.41. The lowest BCUT2D eigenvalue weighted by Crippen LogP contribution is -2.47. The second kappa shape index (κ2) is 7.66. The van der Waals surface area contributed by atoms with Crippen LogP contribution in [0.2, 0.25) is 5.02 Å². The van der Waals surface area contributed by atoms with Crippen molar-refractivity contribution < 1.29 is 22.8 Å². The number of nitrogens with zero attached hydrogens (tertiary/aromatic N) is 5. The number of halogens is 4. The summed E-state index contributed by atoms with van der Waals surface area (Å²) in [5.41, 5.74) is -1.80. The Kier molecular flexibility index (Phi) is 5.45. The quantitative estimate of drug-likeness (QED) is 0.556. The minimum atomic E-state index is -4.77. The Morgan fingerprint density at radius 1 is 1.18 bits per heavy atom. The summed E-state index contributed by atoms with van der Waals surface area (Å²) < 4.78 is 44.1. The summed E-state index contributed by atoms with van der Waals surface area (Å²) in [7, 11) is 1.47. The summed E-state index contributed by atoms with van der Waals surface area (Å²) in [6, 6.07) is 1.49. The van der Waals surface area contributed by atoms with E-state index in [0.717, 1.165) is 6.07 Å². The average molecular weight is 418 g/mol. The van der Waals surface area contributed by atoms with Crippen molar-refractivity contribution in [2.24, 2.45) is 0 Å². The SMILES string of the molecule is COc1cncc(N2CCN(c3cc(Cl)c(C(F)(F)F)cc3[N+](=O)[O-])CC2)n1. The molecule has 1 aliphatic rings. The number of rotatable bonds is 4. The number of nitro benzene ring substituents is 1. The van der Waals surface area contributed by atoms with Gasteiger partial charge in [0, 0.05) is 32.2 Å².